The van der Waals surface area contributed by atoms with Gasteiger partial charge in [0.1, 0.15) is 11.1 Å². The first-order chi connectivity index (χ1) is 16.0. The molecule has 1 heterocycles. The molecule has 1 aliphatic carbocycles. The number of rotatable bonds is 7. The quantitative estimate of drug-likeness (QED) is 0.482. The molecule has 4 rings (SSSR count). The predicted molar refractivity (Wildman–Crippen MR) is 128 cm³/mol. The SMILES string of the molecule is N#Cc1cc2c(nc1SCCC(=O)Nc1ccc(C(=O)O)cc1)CCC(c1ccccc1)C2. The summed E-state index contributed by atoms with van der Waals surface area (Å²) in [5.74, 6) is -0.246. The number of aromatic carboxylic acids is 1. The number of fused-ring (bicyclic) bond motifs is 1. The van der Waals surface area contributed by atoms with E-state index < -0.39 is 5.97 Å². The Labute approximate surface area is 196 Å². The first-order valence-electron chi connectivity index (χ1n) is 10.8. The van der Waals surface area contributed by atoms with Gasteiger partial charge in [-0.2, -0.15) is 5.26 Å². The molecule has 166 valence electrons. The Morgan fingerprint density at radius 3 is 2.61 bits per heavy atom. The molecule has 1 aromatic heterocycles. The lowest BCUT2D eigenvalue weighted by Crippen LogP contribution is -2.15. The van der Waals surface area contributed by atoms with Crippen LogP contribution in [-0.4, -0.2) is 27.7 Å². The molecule has 7 heteroatoms. The highest BCUT2D eigenvalue weighted by Crippen LogP contribution is 2.34. The Balaban J connectivity index is 1.35. The van der Waals surface area contributed by atoms with E-state index in [4.69, 9.17) is 10.1 Å². The molecular formula is C26H23N3O3S. The molecule has 6 nitrogen and oxygen atoms in total. The number of nitrogens with one attached hydrogen (secondary N) is 1. The van der Waals surface area contributed by atoms with Gasteiger partial charge in [0.15, 0.2) is 0 Å². The minimum absolute atomic E-state index is 0.168. The van der Waals surface area contributed by atoms with Crippen LogP contribution >= 0.6 is 11.8 Å². The van der Waals surface area contributed by atoms with Gasteiger partial charge in [-0.25, -0.2) is 9.78 Å². The summed E-state index contributed by atoms with van der Waals surface area (Å²) in [7, 11) is 0. The molecule has 3 aromatic rings. The monoisotopic (exact) mass is 457 g/mol. The maximum Gasteiger partial charge on any atom is 0.335 e. The van der Waals surface area contributed by atoms with Crippen LogP contribution in [0.2, 0.25) is 0 Å². The molecule has 0 radical (unpaired) electrons. The molecule has 1 atom stereocenters. The Bertz CT molecular complexity index is 1200. The zero-order chi connectivity index (χ0) is 23.2. The van der Waals surface area contributed by atoms with Gasteiger partial charge in [-0.1, -0.05) is 30.3 Å². The largest absolute Gasteiger partial charge is 0.478 e. The standard InChI is InChI=1S/C26H23N3O3S/c27-16-21-15-20-14-19(17-4-2-1-3-5-17)8-11-23(20)29-25(21)33-13-12-24(30)28-22-9-6-18(7-10-22)26(31)32/h1-7,9-10,15,19H,8,11-14H2,(H,28,30)(H,31,32). The Morgan fingerprint density at radius 2 is 1.91 bits per heavy atom. The van der Waals surface area contributed by atoms with E-state index in [1.165, 1.54) is 29.5 Å². The summed E-state index contributed by atoms with van der Waals surface area (Å²) >= 11 is 1.41. The minimum Gasteiger partial charge on any atom is -0.478 e. The summed E-state index contributed by atoms with van der Waals surface area (Å²) in [6.07, 6.45) is 3.05. The molecule has 0 spiro atoms. The molecule has 1 amide bonds. The van der Waals surface area contributed by atoms with Crippen molar-refractivity contribution in [3.05, 3.63) is 88.6 Å². The highest BCUT2D eigenvalue weighted by Gasteiger charge is 2.23. The number of aryl methyl sites for hydroxylation is 1. The zero-order valence-electron chi connectivity index (χ0n) is 18.0. The summed E-state index contributed by atoms with van der Waals surface area (Å²) in [6.45, 7) is 0. The number of nitrogens with zero attached hydrogens (tertiary/aromatic N) is 2. The van der Waals surface area contributed by atoms with Crippen molar-refractivity contribution in [2.75, 3.05) is 11.1 Å². The number of amides is 1. The predicted octanol–water partition coefficient (Wildman–Crippen LogP) is 5.04. The Hall–Kier alpha value is -3.63. The summed E-state index contributed by atoms with van der Waals surface area (Å²) in [5.41, 5.74) is 4.78. The average Bonchev–Trinajstić information content (AvgIpc) is 2.84. The molecule has 0 fully saturated rings. The third-order valence-electron chi connectivity index (χ3n) is 5.73. The van der Waals surface area contributed by atoms with Crippen LogP contribution in [0.5, 0.6) is 0 Å². The summed E-state index contributed by atoms with van der Waals surface area (Å²) < 4.78 is 0. The molecule has 2 aromatic carbocycles. The van der Waals surface area contributed by atoms with E-state index >= 15 is 0 Å². The van der Waals surface area contributed by atoms with Crippen LogP contribution in [0.25, 0.3) is 0 Å². The van der Waals surface area contributed by atoms with Gasteiger partial charge >= 0.3 is 5.97 Å². The fourth-order valence-corrected chi connectivity index (χ4v) is 4.92. The van der Waals surface area contributed by atoms with Crippen LogP contribution in [0, 0.1) is 11.3 Å². The van der Waals surface area contributed by atoms with Crippen LogP contribution in [0.4, 0.5) is 5.69 Å². The zero-order valence-corrected chi connectivity index (χ0v) is 18.8. The molecule has 1 aliphatic rings. The highest BCUT2D eigenvalue weighted by molar-refractivity contribution is 7.99. The van der Waals surface area contributed by atoms with Gasteiger partial charge < -0.3 is 10.4 Å². The maximum atomic E-state index is 12.3. The lowest BCUT2D eigenvalue weighted by atomic mass is 9.82. The van der Waals surface area contributed by atoms with Gasteiger partial charge in [-0.15, -0.1) is 11.8 Å². The number of carboxylic acid groups (broad SMARTS) is 1. The Kier molecular flexibility index (Phi) is 7.06. The molecule has 2 N–H and O–H groups in total. The normalized spacial score (nSPS) is 14.7. The number of aromatic nitrogens is 1. The van der Waals surface area contributed by atoms with E-state index in [1.807, 2.05) is 12.1 Å². The number of carbonyl (C=O) groups excluding carboxylic acids is 1. The van der Waals surface area contributed by atoms with Crippen molar-refractivity contribution < 1.29 is 14.7 Å². The van der Waals surface area contributed by atoms with Crippen LogP contribution in [0.1, 0.15) is 51.5 Å². The smallest absolute Gasteiger partial charge is 0.335 e. The summed E-state index contributed by atoms with van der Waals surface area (Å²) in [5, 5.41) is 22.0. The van der Waals surface area contributed by atoms with Crippen LogP contribution in [0.3, 0.4) is 0 Å². The average molecular weight is 458 g/mol. The van der Waals surface area contributed by atoms with Crippen LogP contribution in [0.15, 0.2) is 65.7 Å². The van der Waals surface area contributed by atoms with Gasteiger partial charge in [0.25, 0.3) is 0 Å². The van der Waals surface area contributed by atoms with Gasteiger partial charge in [-0.05, 0) is 66.6 Å². The molecule has 0 bridgehead atoms. The number of thioether (sulfide) groups is 1. The summed E-state index contributed by atoms with van der Waals surface area (Å²) in [4.78, 5) is 27.9. The number of pyridine rings is 1. The fourth-order valence-electron chi connectivity index (χ4n) is 4.01. The number of carbonyl (C=O) groups is 2. The van der Waals surface area contributed by atoms with Crippen molar-refractivity contribution in [2.45, 2.75) is 36.6 Å². The van der Waals surface area contributed by atoms with E-state index in [0.717, 1.165) is 30.5 Å². The number of hydrogen-bond acceptors (Lipinski definition) is 5. The van der Waals surface area contributed by atoms with E-state index in [9.17, 15) is 14.9 Å². The first-order valence-corrected chi connectivity index (χ1v) is 11.8. The number of hydrogen-bond donors (Lipinski definition) is 2. The van der Waals surface area contributed by atoms with Gasteiger partial charge in [0, 0.05) is 23.6 Å². The molecule has 33 heavy (non-hydrogen) atoms. The molecule has 0 saturated heterocycles. The van der Waals surface area contributed by atoms with Gasteiger partial charge in [-0.3, -0.25) is 4.79 Å². The second-order valence-electron chi connectivity index (χ2n) is 7.94. The maximum absolute atomic E-state index is 12.3. The molecule has 0 aliphatic heterocycles. The lowest BCUT2D eigenvalue weighted by Gasteiger charge is -2.25. The van der Waals surface area contributed by atoms with Crippen molar-refractivity contribution in [3.63, 3.8) is 0 Å². The number of nitriles is 1. The van der Waals surface area contributed by atoms with Crippen molar-refractivity contribution in [2.24, 2.45) is 0 Å². The van der Waals surface area contributed by atoms with Crippen molar-refractivity contribution in [1.82, 2.24) is 4.98 Å². The lowest BCUT2D eigenvalue weighted by molar-refractivity contribution is -0.115. The van der Waals surface area contributed by atoms with Crippen LogP contribution < -0.4 is 5.32 Å². The van der Waals surface area contributed by atoms with E-state index in [-0.39, 0.29) is 17.9 Å². The fraction of sp³-hybridized carbons (Fsp3) is 0.231. The van der Waals surface area contributed by atoms with Crippen molar-refractivity contribution in [3.8, 4) is 6.07 Å². The highest BCUT2D eigenvalue weighted by atomic mass is 32.2. The Morgan fingerprint density at radius 1 is 1.15 bits per heavy atom. The molecule has 0 saturated carbocycles. The van der Waals surface area contributed by atoms with Crippen LogP contribution in [-0.2, 0) is 17.6 Å². The van der Waals surface area contributed by atoms with Gasteiger partial charge in [0.05, 0.1) is 11.1 Å². The minimum atomic E-state index is -1.01. The van der Waals surface area contributed by atoms with Gasteiger partial charge in [0.2, 0.25) is 5.91 Å². The second kappa shape index (κ2) is 10.3. The summed E-state index contributed by atoms with van der Waals surface area (Å²) in [6, 6.07) is 20.7. The molecule has 1 unspecified atom stereocenters. The molecular weight excluding hydrogens is 434 g/mol. The topological polar surface area (TPSA) is 103 Å². The van der Waals surface area contributed by atoms with E-state index in [2.05, 4.69) is 35.7 Å². The number of anilines is 1. The van der Waals surface area contributed by atoms with E-state index in [1.54, 1.807) is 12.1 Å². The number of benzene rings is 2. The second-order valence-corrected chi connectivity index (χ2v) is 9.02. The van der Waals surface area contributed by atoms with Crippen molar-refractivity contribution >= 4 is 29.3 Å². The third kappa shape index (κ3) is 5.60. The first kappa shape index (κ1) is 22.6. The van der Waals surface area contributed by atoms with Crippen molar-refractivity contribution in [1.29, 1.82) is 5.26 Å². The third-order valence-corrected chi connectivity index (χ3v) is 6.72. The number of carboxylic acids is 1. The van der Waals surface area contributed by atoms with E-state index in [0.29, 0.717) is 27.9 Å².